The maximum absolute atomic E-state index is 12.5. The van der Waals surface area contributed by atoms with Gasteiger partial charge in [-0.2, -0.15) is 0 Å². The lowest BCUT2D eigenvalue weighted by Gasteiger charge is -2.36. The van der Waals surface area contributed by atoms with E-state index in [2.05, 4.69) is 0 Å². The Kier molecular flexibility index (Phi) is 2.71. The van der Waals surface area contributed by atoms with Gasteiger partial charge >= 0.3 is 0 Å². The van der Waals surface area contributed by atoms with Crippen molar-refractivity contribution in [1.82, 2.24) is 0 Å². The molecule has 0 saturated heterocycles. The van der Waals surface area contributed by atoms with Gasteiger partial charge < -0.3 is 5.73 Å². The van der Waals surface area contributed by atoms with Crippen LogP contribution in [0, 0.1) is 5.41 Å². The number of carbonyl (C=O) groups is 1. The van der Waals surface area contributed by atoms with E-state index < -0.39 is 25.2 Å². The molecule has 1 aliphatic carbocycles. The molecule has 0 spiro atoms. The van der Waals surface area contributed by atoms with E-state index in [9.17, 15) is 13.2 Å². The fourth-order valence-electron chi connectivity index (χ4n) is 2.16. The molecule has 0 bridgehead atoms. The zero-order valence-electron chi connectivity index (χ0n) is 10.6. The molecule has 1 aliphatic rings. The van der Waals surface area contributed by atoms with Crippen LogP contribution in [0.4, 0.5) is 0 Å². The Balaban J connectivity index is 3.30. The van der Waals surface area contributed by atoms with Crippen LogP contribution in [0.5, 0.6) is 0 Å². The van der Waals surface area contributed by atoms with Crippen LogP contribution in [0.25, 0.3) is 0 Å². The number of carbonyl (C=O) groups excluding carboxylic acids is 1. The molecule has 1 rings (SSSR count). The van der Waals surface area contributed by atoms with Crippen molar-refractivity contribution in [3.05, 3.63) is 0 Å². The number of hydrogen-bond donors (Lipinski definition) is 1. The minimum atomic E-state index is -3.56. The Hall–Kier alpha value is -0.580. The average molecular weight is 247 g/mol. The lowest BCUT2D eigenvalue weighted by molar-refractivity contribution is -0.119. The third-order valence-electron chi connectivity index (χ3n) is 3.85. The van der Waals surface area contributed by atoms with Crippen LogP contribution < -0.4 is 5.73 Å². The summed E-state index contributed by atoms with van der Waals surface area (Å²) in [6.45, 7) is 8.49. The van der Waals surface area contributed by atoms with Gasteiger partial charge in [0.05, 0.1) is 4.75 Å². The van der Waals surface area contributed by atoms with Crippen molar-refractivity contribution in [1.29, 1.82) is 0 Å². The summed E-state index contributed by atoms with van der Waals surface area (Å²) in [6, 6.07) is 0. The molecule has 4 nitrogen and oxygen atoms in total. The number of amides is 1. The highest BCUT2D eigenvalue weighted by atomic mass is 32.2. The van der Waals surface area contributed by atoms with Crippen LogP contribution in [-0.4, -0.2) is 23.8 Å². The number of primary amides is 1. The van der Waals surface area contributed by atoms with Gasteiger partial charge in [-0.3, -0.25) is 4.79 Å². The van der Waals surface area contributed by atoms with E-state index in [1.54, 1.807) is 0 Å². The summed E-state index contributed by atoms with van der Waals surface area (Å²) >= 11 is 0. The second kappa shape index (κ2) is 3.22. The SMILES string of the molecule is CC(C)(C)C1(S(=O)(=O)C(C)(C)C(N)=O)CC1. The summed E-state index contributed by atoms with van der Waals surface area (Å²) in [4.78, 5) is 11.3. The number of rotatable bonds is 3. The van der Waals surface area contributed by atoms with E-state index in [1.165, 1.54) is 13.8 Å². The molecule has 0 aromatic carbocycles. The first kappa shape index (κ1) is 13.5. The lowest BCUT2D eigenvalue weighted by atomic mass is 9.89. The van der Waals surface area contributed by atoms with Crippen molar-refractivity contribution in [2.24, 2.45) is 11.1 Å². The first-order valence-electron chi connectivity index (χ1n) is 5.44. The van der Waals surface area contributed by atoms with Crippen molar-refractivity contribution < 1.29 is 13.2 Å². The van der Waals surface area contributed by atoms with Gasteiger partial charge in [0, 0.05) is 0 Å². The summed E-state index contributed by atoms with van der Waals surface area (Å²) in [5.41, 5.74) is 4.84. The van der Waals surface area contributed by atoms with Crippen LogP contribution in [0.3, 0.4) is 0 Å². The standard InChI is InChI=1S/C11H21NO3S/c1-9(2,3)11(6-7-11)16(14,15)10(4,5)8(12)13/h6-7H2,1-5H3,(H2,12,13). The fraction of sp³-hybridized carbons (Fsp3) is 0.909. The van der Waals surface area contributed by atoms with Crippen molar-refractivity contribution in [3.63, 3.8) is 0 Å². The van der Waals surface area contributed by atoms with Crippen LogP contribution in [0.2, 0.25) is 0 Å². The molecule has 1 saturated carbocycles. The third-order valence-corrected chi connectivity index (χ3v) is 7.44. The van der Waals surface area contributed by atoms with Gasteiger partial charge in [-0.15, -0.1) is 0 Å². The summed E-state index contributed by atoms with van der Waals surface area (Å²) in [6.07, 6.45) is 1.24. The van der Waals surface area contributed by atoms with E-state index in [4.69, 9.17) is 5.73 Å². The average Bonchev–Trinajstić information content (AvgIpc) is 2.80. The van der Waals surface area contributed by atoms with Crippen LogP contribution in [-0.2, 0) is 14.6 Å². The van der Waals surface area contributed by atoms with Crippen molar-refractivity contribution in [2.45, 2.75) is 57.0 Å². The van der Waals surface area contributed by atoms with Crippen LogP contribution >= 0.6 is 0 Å². The molecule has 0 atom stereocenters. The maximum Gasteiger partial charge on any atom is 0.238 e. The van der Waals surface area contributed by atoms with E-state index in [0.29, 0.717) is 12.8 Å². The van der Waals surface area contributed by atoms with Crippen molar-refractivity contribution >= 4 is 15.7 Å². The lowest BCUT2D eigenvalue weighted by Crippen LogP contribution is -2.53. The minimum absolute atomic E-state index is 0.363. The van der Waals surface area contributed by atoms with Crippen molar-refractivity contribution in [2.75, 3.05) is 0 Å². The molecule has 1 amide bonds. The Labute approximate surface area is 97.5 Å². The van der Waals surface area contributed by atoms with Gasteiger partial charge in [0.1, 0.15) is 4.75 Å². The number of nitrogens with two attached hydrogens (primary N) is 1. The zero-order valence-corrected chi connectivity index (χ0v) is 11.4. The number of hydrogen-bond acceptors (Lipinski definition) is 3. The Morgan fingerprint density at radius 2 is 1.50 bits per heavy atom. The molecule has 94 valence electrons. The van der Waals surface area contributed by atoms with Gasteiger partial charge in [-0.1, -0.05) is 20.8 Å². The second-order valence-corrected chi connectivity index (χ2v) is 8.93. The molecule has 0 unspecified atom stereocenters. The monoisotopic (exact) mass is 247 g/mol. The van der Waals surface area contributed by atoms with Gasteiger partial charge in [-0.05, 0) is 32.1 Å². The molecule has 2 N–H and O–H groups in total. The molecular formula is C11H21NO3S. The fourth-order valence-corrected chi connectivity index (χ4v) is 4.84. The highest BCUT2D eigenvalue weighted by molar-refractivity contribution is 7.95. The van der Waals surface area contributed by atoms with E-state index >= 15 is 0 Å². The molecule has 0 aromatic rings. The quantitative estimate of drug-likeness (QED) is 0.815. The zero-order chi connectivity index (χ0) is 13.0. The van der Waals surface area contributed by atoms with E-state index in [0.717, 1.165) is 0 Å². The highest BCUT2D eigenvalue weighted by Gasteiger charge is 2.66. The molecule has 0 aromatic heterocycles. The van der Waals surface area contributed by atoms with E-state index in [1.807, 2.05) is 20.8 Å². The topological polar surface area (TPSA) is 77.2 Å². The predicted molar refractivity (Wildman–Crippen MR) is 63.6 cm³/mol. The minimum Gasteiger partial charge on any atom is -0.368 e. The normalized spacial score (nSPS) is 20.6. The Bertz CT molecular complexity index is 411. The molecule has 0 heterocycles. The van der Waals surface area contributed by atoms with Crippen molar-refractivity contribution in [3.8, 4) is 0 Å². The number of sulfone groups is 1. The predicted octanol–water partition coefficient (Wildman–Crippen LogP) is 1.24. The first-order valence-corrected chi connectivity index (χ1v) is 6.92. The smallest absolute Gasteiger partial charge is 0.238 e. The first-order chi connectivity index (χ1) is 6.90. The second-order valence-electron chi connectivity index (χ2n) is 6.12. The molecule has 0 radical (unpaired) electrons. The summed E-state index contributed by atoms with van der Waals surface area (Å²) in [7, 11) is -3.56. The Morgan fingerprint density at radius 3 is 1.69 bits per heavy atom. The summed E-state index contributed by atoms with van der Waals surface area (Å²) < 4.78 is 22.8. The molecular weight excluding hydrogens is 226 g/mol. The Morgan fingerprint density at radius 1 is 1.12 bits per heavy atom. The van der Waals surface area contributed by atoms with Crippen LogP contribution in [0.15, 0.2) is 0 Å². The highest BCUT2D eigenvalue weighted by Crippen LogP contribution is 2.58. The maximum atomic E-state index is 12.5. The summed E-state index contributed by atoms with van der Waals surface area (Å²) in [5, 5.41) is 0. The van der Waals surface area contributed by atoms with Crippen LogP contribution in [0.1, 0.15) is 47.5 Å². The van der Waals surface area contributed by atoms with E-state index in [-0.39, 0.29) is 5.41 Å². The van der Waals surface area contributed by atoms with Gasteiger partial charge in [0.15, 0.2) is 9.84 Å². The summed E-state index contributed by atoms with van der Waals surface area (Å²) in [5.74, 6) is -0.775. The third kappa shape index (κ3) is 1.48. The van der Waals surface area contributed by atoms with Gasteiger partial charge in [0.25, 0.3) is 0 Å². The van der Waals surface area contributed by atoms with Gasteiger partial charge in [-0.25, -0.2) is 8.42 Å². The molecule has 16 heavy (non-hydrogen) atoms. The van der Waals surface area contributed by atoms with Gasteiger partial charge in [0.2, 0.25) is 5.91 Å². The molecule has 0 aliphatic heterocycles. The largest absolute Gasteiger partial charge is 0.368 e. The molecule has 1 fully saturated rings. The molecule has 5 heteroatoms.